The number of thioether (sulfide) groups is 1. The van der Waals surface area contributed by atoms with Crippen molar-refractivity contribution in [3.8, 4) is 0 Å². The highest BCUT2D eigenvalue weighted by Gasteiger charge is 2.14. The molecule has 0 saturated heterocycles. The number of nitrogens with one attached hydrogen (secondary N) is 2. The van der Waals surface area contributed by atoms with E-state index in [-0.39, 0.29) is 32.9 Å². The number of alkyl halides is 2. The Morgan fingerprint density at radius 2 is 1.32 bits per heavy atom. The van der Waals surface area contributed by atoms with E-state index in [0.29, 0.717) is 40.3 Å². The van der Waals surface area contributed by atoms with Crippen LogP contribution in [-0.4, -0.2) is 41.0 Å². The van der Waals surface area contributed by atoms with Gasteiger partial charge in [0, 0.05) is 17.9 Å². The minimum absolute atomic E-state index is 0.0337. The van der Waals surface area contributed by atoms with Gasteiger partial charge in [-0.15, -0.1) is 23.2 Å². The Kier molecular flexibility index (Phi) is 12.4. The Balaban J connectivity index is 0.000000242. The molecule has 4 aromatic rings. The Bertz CT molecular complexity index is 1660. The predicted molar refractivity (Wildman–Crippen MR) is 150 cm³/mol. The summed E-state index contributed by atoms with van der Waals surface area (Å²) < 4.78 is 21.5. The molecule has 4 rings (SSSR count). The first kappa shape index (κ1) is 31.5. The van der Waals surface area contributed by atoms with Crippen LogP contribution in [0, 0.1) is 0 Å². The molecular weight excluding hydrogens is 579 g/mol. The van der Waals surface area contributed by atoms with Crippen molar-refractivity contribution in [1.29, 1.82) is 0 Å². The van der Waals surface area contributed by atoms with Crippen LogP contribution in [0.2, 0.25) is 0 Å². The molecule has 1 atom stereocenters. The normalized spacial score (nSPS) is 11.4. The predicted octanol–water partition coefficient (Wildman–Crippen LogP) is 3.54. The summed E-state index contributed by atoms with van der Waals surface area (Å²) in [5.74, 6) is 1.11. The summed E-state index contributed by atoms with van der Waals surface area (Å²) in [5.41, 5.74) is -0.426. The molecule has 1 unspecified atom stereocenters. The molecular formula is C23H26Cl2N4O7S2. The first-order valence-electron chi connectivity index (χ1n) is 11.4. The zero-order valence-electron chi connectivity index (χ0n) is 21.0. The molecule has 206 valence electrons. The minimum Gasteiger partial charge on any atom is -0.403 e. The number of H-pyrrole nitrogens is 2. The van der Waals surface area contributed by atoms with Crippen LogP contribution in [0.3, 0.4) is 0 Å². The zero-order valence-corrected chi connectivity index (χ0v) is 24.2. The van der Waals surface area contributed by atoms with Crippen LogP contribution in [0.5, 0.6) is 0 Å². The van der Waals surface area contributed by atoms with Crippen molar-refractivity contribution in [2.24, 2.45) is 0 Å². The Labute approximate surface area is 232 Å². The number of nitrogens with zero attached hydrogens (tertiary/aromatic N) is 2. The summed E-state index contributed by atoms with van der Waals surface area (Å²) >= 11 is 10.9. The highest BCUT2D eigenvalue weighted by Crippen LogP contribution is 2.16. The van der Waals surface area contributed by atoms with Gasteiger partial charge in [0.25, 0.3) is 11.1 Å². The zero-order chi connectivity index (χ0) is 28.4. The van der Waals surface area contributed by atoms with Gasteiger partial charge in [0.2, 0.25) is 16.6 Å². The molecule has 0 spiro atoms. The Morgan fingerprint density at radius 3 is 1.76 bits per heavy atom. The number of aromatic nitrogens is 4. The second kappa shape index (κ2) is 15.0. The van der Waals surface area contributed by atoms with Gasteiger partial charge < -0.3 is 13.8 Å². The molecule has 0 aliphatic heterocycles. The molecule has 0 aromatic carbocycles. The SMILES string of the molecule is CCSc1nc2oc(=O)cc(CC)c2c(=O)[nH]1.CCc1cc(=O)oc2nc(S(=O)CC)[nH]c(=O)c12.ClCCl. The van der Waals surface area contributed by atoms with Gasteiger partial charge in [-0.2, -0.15) is 9.97 Å². The molecule has 0 bridgehead atoms. The van der Waals surface area contributed by atoms with Crippen molar-refractivity contribution in [3.05, 3.63) is 64.8 Å². The average Bonchev–Trinajstić information content (AvgIpc) is 2.87. The number of halogens is 2. The fraction of sp³-hybridized carbons (Fsp3) is 0.391. The van der Waals surface area contributed by atoms with Gasteiger partial charge in [-0.1, -0.05) is 39.5 Å². The number of rotatable bonds is 6. The number of hydrogen-bond donors (Lipinski definition) is 2. The quantitative estimate of drug-likeness (QED) is 0.188. The van der Waals surface area contributed by atoms with E-state index in [4.69, 9.17) is 32.0 Å². The van der Waals surface area contributed by atoms with Gasteiger partial charge in [0.15, 0.2) is 5.16 Å². The molecule has 0 aliphatic carbocycles. The summed E-state index contributed by atoms with van der Waals surface area (Å²) in [6.07, 6.45) is 1.11. The van der Waals surface area contributed by atoms with E-state index < -0.39 is 27.6 Å². The summed E-state index contributed by atoms with van der Waals surface area (Å²) in [5, 5.41) is 1.31. The van der Waals surface area contributed by atoms with Crippen LogP contribution in [0.15, 0.2) is 50.5 Å². The Morgan fingerprint density at radius 1 is 0.842 bits per heavy atom. The molecule has 2 N–H and O–H groups in total. The maximum atomic E-state index is 11.9. The summed E-state index contributed by atoms with van der Waals surface area (Å²) in [6, 6.07) is 2.61. The smallest absolute Gasteiger partial charge is 0.337 e. The molecule has 4 aromatic heterocycles. The molecule has 11 nitrogen and oxygen atoms in total. The lowest BCUT2D eigenvalue weighted by atomic mass is 10.1. The molecule has 15 heteroatoms. The van der Waals surface area contributed by atoms with Crippen molar-refractivity contribution in [1.82, 2.24) is 19.9 Å². The minimum atomic E-state index is -1.40. The van der Waals surface area contributed by atoms with Crippen molar-refractivity contribution >= 4 is 68.0 Å². The maximum absolute atomic E-state index is 11.9. The summed E-state index contributed by atoms with van der Waals surface area (Å²) in [7, 11) is -1.40. The molecule has 0 amide bonds. The second-order valence-electron chi connectivity index (χ2n) is 7.16. The van der Waals surface area contributed by atoms with Gasteiger partial charge in [-0.25, -0.2) is 9.59 Å². The van der Waals surface area contributed by atoms with E-state index >= 15 is 0 Å². The largest absolute Gasteiger partial charge is 0.403 e. The van der Waals surface area contributed by atoms with Gasteiger partial charge in [0.1, 0.15) is 10.8 Å². The van der Waals surface area contributed by atoms with Gasteiger partial charge in [-0.3, -0.25) is 18.8 Å². The van der Waals surface area contributed by atoms with Crippen LogP contribution in [0.4, 0.5) is 0 Å². The van der Waals surface area contributed by atoms with Crippen molar-refractivity contribution in [2.45, 2.75) is 50.8 Å². The van der Waals surface area contributed by atoms with E-state index in [9.17, 15) is 23.4 Å². The summed E-state index contributed by atoms with van der Waals surface area (Å²) in [4.78, 5) is 59.7. The van der Waals surface area contributed by atoms with Gasteiger partial charge >= 0.3 is 11.3 Å². The first-order chi connectivity index (χ1) is 18.1. The second-order valence-corrected chi connectivity index (χ2v) is 10.9. The molecule has 0 radical (unpaired) electrons. The van der Waals surface area contributed by atoms with Crippen LogP contribution in [0.25, 0.3) is 22.2 Å². The molecule has 0 fully saturated rings. The van der Waals surface area contributed by atoms with Gasteiger partial charge in [0.05, 0.1) is 16.1 Å². The lowest BCUT2D eigenvalue weighted by molar-refractivity contribution is 0.540. The molecule has 38 heavy (non-hydrogen) atoms. The van der Waals surface area contributed by atoms with Crippen LogP contribution < -0.4 is 22.4 Å². The first-order valence-corrected chi connectivity index (χ1v) is 14.8. The number of aryl methyl sites for hydroxylation is 2. The lowest BCUT2D eigenvalue weighted by Gasteiger charge is -2.03. The van der Waals surface area contributed by atoms with Gasteiger partial charge in [-0.05, 0) is 29.7 Å². The number of hydrogen-bond acceptors (Lipinski definition) is 10. The van der Waals surface area contributed by atoms with E-state index in [1.165, 1.54) is 23.9 Å². The standard InChI is InChI=1S/C11H12N2O4S.C11H12N2O3S.CH2Cl2/c1-3-6-5-7(14)17-10-8(6)9(15)12-11(13-10)18(16)4-2;1-3-6-5-7(14)16-10-8(6)9(15)12-11(13-10)17-4-2;2-1-3/h5H,3-4H2,1-2H3,(H,12,13,15);5H,3-4H2,1-2H3,(H,12,13,15);1H2. The Hall–Kier alpha value is -2.74. The van der Waals surface area contributed by atoms with E-state index in [1.54, 1.807) is 6.92 Å². The van der Waals surface area contributed by atoms with E-state index in [0.717, 1.165) is 5.75 Å². The molecule has 0 saturated carbocycles. The fourth-order valence-corrected chi connectivity index (χ4v) is 4.52. The summed E-state index contributed by atoms with van der Waals surface area (Å²) in [6.45, 7) is 7.36. The van der Waals surface area contributed by atoms with Crippen molar-refractivity contribution < 1.29 is 13.0 Å². The van der Waals surface area contributed by atoms with Crippen LogP contribution in [0.1, 0.15) is 38.8 Å². The highest BCUT2D eigenvalue weighted by molar-refractivity contribution is 7.99. The van der Waals surface area contributed by atoms with Crippen molar-refractivity contribution in [2.75, 3.05) is 16.8 Å². The monoisotopic (exact) mass is 604 g/mol. The molecule has 0 aliphatic rings. The topological polar surface area (TPSA) is 169 Å². The number of aromatic amines is 2. The average molecular weight is 606 g/mol. The highest BCUT2D eigenvalue weighted by atomic mass is 35.5. The van der Waals surface area contributed by atoms with Crippen molar-refractivity contribution in [3.63, 3.8) is 0 Å². The maximum Gasteiger partial charge on any atom is 0.337 e. The van der Waals surface area contributed by atoms with E-state index in [2.05, 4.69) is 19.9 Å². The fourth-order valence-electron chi connectivity index (χ4n) is 3.27. The molecule has 4 heterocycles. The number of fused-ring (bicyclic) bond motifs is 2. The lowest BCUT2D eigenvalue weighted by Crippen LogP contribution is -2.17. The van der Waals surface area contributed by atoms with Crippen LogP contribution in [-0.2, 0) is 23.6 Å². The van der Waals surface area contributed by atoms with Crippen LogP contribution >= 0.6 is 35.0 Å². The third-order valence-corrected chi connectivity index (χ3v) is 6.78. The third-order valence-electron chi connectivity index (χ3n) is 4.87. The third kappa shape index (κ3) is 7.88. The van der Waals surface area contributed by atoms with E-state index in [1.807, 2.05) is 20.8 Å².